The van der Waals surface area contributed by atoms with Crippen molar-refractivity contribution in [2.75, 3.05) is 6.61 Å². The smallest absolute Gasteiger partial charge is 0.344 e. The van der Waals surface area contributed by atoms with Crippen LogP contribution >= 0.6 is 0 Å². The van der Waals surface area contributed by atoms with Crippen molar-refractivity contribution >= 4 is 23.3 Å². The second-order valence-electron chi connectivity index (χ2n) is 6.19. The Balaban J connectivity index is 1.97. The van der Waals surface area contributed by atoms with Crippen LogP contribution in [0.15, 0.2) is 12.2 Å². The summed E-state index contributed by atoms with van der Waals surface area (Å²) in [4.78, 5) is 23.1. The van der Waals surface area contributed by atoms with Gasteiger partial charge in [0.1, 0.15) is 12.2 Å². The molecule has 0 aromatic rings. The Labute approximate surface area is 131 Å². The van der Waals surface area contributed by atoms with Gasteiger partial charge in [-0.2, -0.15) is 0 Å². The molecule has 5 atom stereocenters. The molecule has 2 rings (SSSR count). The van der Waals surface area contributed by atoms with Crippen molar-refractivity contribution in [2.24, 2.45) is 11.3 Å². The molecule has 0 aliphatic heterocycles. The topological polar surface area (TPSA) is 102 Å². The van der Waals surface area contributed by atoms with Gasteiger partial charge < -0.3 is 14.0 Å². The molecule has 2 bridgehead atoms. The summed E-state index contributed by atoms with van der Waals surface area (Å²) < 4.78 is 36.6. The average molecular weight is 331 g/mol. The lowest BCUT2D eigenvalue weighted by Gasteiger charge is -2.35. The van der Waals surface area contributed by atoms with Crippen molar-refractivity contribution in [1.29, 1.82) is 0 Å². The Morgan fingerprint density at radius 3 is 2.73 bits per heavy atom. The molecule has 0 radical (unpaired) electrons. The first kappa shape index (κ1) is 17.1. The molecule has 22 heavy (non-hydrogen) atoms. The van der Waals surface area contributed by atoms with Crippen LogP contribution in [0.1, 0.15) is 33.1 Å². The second-order valence-corrected chi connectivity index (χ2v) is 6.79. The first-order chi connectivity index (χ1) is 10.2. The van der Waals surface area contributed by atoms with E-state index in [-0.39, 0.29) is 16.9 Å². The molecule has 2 saturated carbocycles. The minimum atomic E-state index is -2.67. The Morgan fingerprint density at radius 1 is 1.45 bits per heavy atom. The SMILES string of the molecule is C=C(C)C(=O)OCC(=O)OC1C(OS(=O)[O-])C2CCC1(C)C2. The molecule has 124 valence electrons. The highest BCUT2D eigenvalue weighted by Crippen LogP contribution is 2.56. The van der Waals surface area contributed by atoms with Crippen molar-refractivity contribution in [1.82, 2.24) is 0 Å². The number of rotatable bonds is 6. The van der Waals surface area contributed by atoms with E-state index in [0.29, 0.717) is 0 Å². The van der Waals surface area contributed by atoms with Crippen LogP contribution in [-0.4, -0.2) is 39.5 Å². The van der Waals surface area contributed by atoms with Crippen molar-refractivity contribution in [3.05, 3.63) is 12.2 Å². The van der Waals surface area contributed by atoms with Crippen molar-refractivity contribution in [3.8, 4) is 0 Å². The van der Waals surface area contributed by atoms with Crippen LogP contribution in [0.5, 0.6) is 0 Å². The van der Waals surface area contributed by atoms with E-state index in [9.17, 15) is 18.4 Å². The Morgan fingerprint density at radius 2 is 2.14 bits per heavy atom. The highest BCUT2D eigenvalue weighted by Gasteiger charge is 2.58. The molecule has 0 heterocycles. The zero-order valence-electron chi connectivity index (χ0n) is 12.5. The lowest BCUT2D eigenvalue weighted by molar-refractivity contribution is -0.170. The van der Waals surface area contributed by atoms with Gasteiger partial charge in [0, 0.05) is 11.0 Å². The molecule has 5 unspecified atom stereocenters. The minimum absolute atomic E-state index is 0.0543. The van der Waals surface area contributed by atoms with Crippen LogP contribution in [0.25, 0.3) is 0 Å². The molecule has 0 amide bonds. The van der Waals surface area contributed by atoms with Crippen molar-refractivity contribution in [2.45, 2.75) is 45.3 Å². The summed E-state index contributed by atoms with van der Waals surface area (Å²) >= 11 is -2.67. The second kappa shape index (κ2) is 6.47. The fraction of sp³-hybridized carbons (Fsp3) is 0.714. The largest absolute Gasteiger partial charge is 0.750 e. The van der Waals surface area contributed by atoms with Crippen molar-refractivity contribution in [3.63, 3.8) is 0 Å². The van der Waals surface area contributed by atoms with Crippen LogP contribution in [-0.2, 0) is 34.6 Å². The summed E-state index contributed by atoms with van der Waals surface area (Å²) in [6.07, 6.45) is 1.11. The summed E-state index contributed by atoms with van der Waals surface area (Å²) in [6, 6.07) is 0. The lowest BCUT2D eigenvalue weighted by atomic mass is 9.82. The standard InChI is InChI=1S/C14H20O7S/c1-8(2)13(16)19-7-10(15)20-12-11(21-22(17)18)9-4-5-14(12,3)6-9/h9,11-12H,1,4-7H2,2-3H3,(H,17,18)/p-1. The Hall–Kier alpha value is -1.25. The maximum atomic E-state index is 11.8. The van der Waals surface area contributed by atoms with E-state index >= 15 is 0 Å². The molecule has 2 aliphatic carbocycles. The van der Waals surface area contributed by atoms with Crippen LogP contribution in [0.4, 0.5) is 0 Å². The van der Waals surface area contributed by atoms with E-state index < -0.39 is 42.1 Å². The summed E-state index contributed by atoms with van der Waals surface area (Å²) in [5, 5.41) is 0. The third-order valence-corrected chi connectivity index (χ3v) is 4.76. The fourth-order valence-electron chi connectivity index (χ4n) is 3.35. The number of ether oxygens (including phenoxy) is 2. The number of carbonyl (C=O) groups excluding carboxylic acids is 2. The average Bonchev–Trinajstić information content (AvgIpc) is 2.92. The normalized spacial score (nSPS) is 34.2. The van der Waals surface area contributed by atoms with Gasteiger partial charge in [0.05, 0.1) is 11.4 Å². The molecule has 0 N–H and O–H groups in total. The fourth-order valence-corrected chi connectivity index (χ4v) is 3.79. The minimum Gasteiger partial charge on any atom is -0.750 e. The predicted molar refractivity (Wildman–Crippen MR) is 74.9 cm³/mol. The molecular formula is C14H19O7S-. The highest BCUT2D eigenvalue weighted by atomic mass is 32.2. The molecular weight excluding hydrogens is 312 g/mol. The van der Waals surface area contributed by atoms with Gasteiger partial charge in [-0.05, 0) is 32.1 Å². The van der Waals surface area contributed by atoms with Gasteiger partial charge >= 0.3 is 11.9 Å². The molecule has 2 aliphatic rings. The molecule has 0 spiro atoms. The quantitative estimate of drug-likeness (QED) is 0.407. The van der Waals surface area contributed by atoms with E-state index in [0.717, 1.165) is 19.3 Å². The third kappa shape index (κ3) is 3.56. The Kier molecular flexibility index (Phi) is 5.03. The van der Waals surface area contributed by atoms with E-state index in [4.69, 9.17) is 13.7 Å². The zero-order valence-corrected chi connectivity index (χ0v) is 13.4. The third-order valence-electron chi connectivity index (χ3n) is 4.38. The predicted octanol–water partition coefficient (Wildman–Crippen LogP) is 1.02. The number of esters is 2. The van der Waals surface area contributed by atoms with Gasteiger partial charge in [0.2, 0.25) is 0 Å². The number of carbonyl (C=O) groups is 2. The maximum Gasteiger partial charge on any atom is 0.344 e. The monoisotopic (exact) mass is 331 g/mol. The Bertz CT molecular complexity index is 517. The van der Waals surface area contributed by atoms with Crippen LogP contribution < -0.4 is 0 Å². The van der Waals surface area contributed by atoms with Gasteiger partial charge in [-0.3, -0.25) is 4.18 Å². The summed E-state index contributed by atoms with van der Waals surface area (Å²) in [6.45, 7) is 6.29. The van der Waals surface area contributed by atoms with Crippen LogP contribution in [0.3, 0.4) is 0 Å². The number of fused-ring (bicyclic) bond motifs is 2. The van der Waals surface area contributed by atoms with E-state index in [2.05, 4.69) is 6.58 Å². The molecule has 7 nitrogen and oxygen atoms in total. The molecule has 2 fully saturated rings. The van der Waals surface area contributed by atoms with Gasteiger partial charge in [0.25, 0.3) is 0 Å². The molecule has 0 saturated heterocycles. The molecule has 8 heteroatoms. The summed E-state index contributed by atoms with van der Waals surface area (Å²) in [5.41, 5.74) is -0.120. The van der Waals surface area contributed by atoms with Crippen LogP contribution in [0.2, 0.25) is 0 Å². The first-order valence-electron chi connectivity index (χ1n) is 7.01. The zero-order chi connectivity index (χ0) is 16.5. The summed E-state index contributed by atoms with van der Waals surface area (Å²) in [7, 11) is 0. The maximum absolute atomic E-state index is 11.8. The van der Waals surface area contributed by atoms with Crippen LogP contribution in [0, 0.1) is 11.3 Å². The highest BCUT2D eigenvalue weighted by molar-refractivity contribution is 7.74. The molecule has 0 aromatic carbocycles. The van der Waals surface area contributed by atoms with Gasteiger partial charge in [-0.15, -0.1) is 0 Å². The van der Waals surface area contributed by atoms with E-state index in [1.165, 1.54) is 6.92 Å². The first-order valence-corrected chi connectivity index (χ1v) is 8.01. The van der Waals surface area contributed by atoms with Gasteiger partial charge in [-0.25, -0.2) is 13.8 Å². The van der Waals surface area contributed by atoms with Crippen molar-refractivity contribution < 1.29 is 32.0 Å². The molecule has 0 aromatic heterocycles. The van der Waals surface area contributed by atoms with E-state index in [1.54, 1.807) is 0 Å². The van der Waals surface area contributed by atoms with E-state index in [1.807, 2.05) is 6.92 Å². The number of hydrogen-bond donors (Lipinski definition) is 0. The van der Waals surface area contributed by atoms with Gasteiger partial charge in [0.15, 0.2) is 6.61 Å². The number of hydrogen-bond acceptors (Lipinski definition) is 7. The summed E-state index contributed by atoms with van der Waals surface area (Å²) in [5.74, 6) is -1.35. The lowest BCUT2D eigenvalue weighted by Crippen LogP contribution is -2.44. The van der Waals surface area contributed by atoms with Gasteiger partial charge in [-0.1, -0.05) is 13.5 Å².